The van der Waals surface area contributed by atoms with Crippen molar-refractivity contribution < 1.29 is 4.79 Å². The van der Waals surface area contributed by atoms with Crippen molar-refractivity contribution in [3.63, 3.8) is 0 Å². The Morgan fingerprint density at radius 3 is 2.60 bits per heavy atom. The number of amides is 1. The first-order valence-corrected chi connectivity index (χ1v) is 8.87. The van der Waals surface area contributed by atoms with Gasteiger partial charge >= 0.3 is 0 Å². The minimum Gasteiger partial charge on any atom is -0.340 e. The normalized spacial score (nSPS) is 17.4. The molecule has 1 aromatic heterocycles. The van der Waals surface area contributed by atoms with Gasteiger partial charge in [-0.05, 0) is 57.7 Å². The van der Waals surface area contributed by atoms with Crippen LogP contribution >= 0.6 is 0 Å². The molecule has 1 N–H and O–H groups in total. The molecule has 0 saturated carbocycles. The first kappa shape index (κ1) is 17.4. The molecule has 5 heteroatoms. The zero-order chi connectivity index (χ0) is 18.0. The van der Waals surface area contributed by atoms with E-state index in [9.17, 15) is 4.79 Å². The third-order valence-electron chi connectivity index (χ3n) is 4.78. The maximum atomic E-state index is 12.8. The van der Waals surface area contributed by atoms with E-state index in [-0.39, 0.29) is 11.8 Å². The minimum absolute atomic E-state index is 0.0436. The number of aryl methyl sites for hydroxylation is 4. The number of carbonyl (C=O) groups excluding carboxylic acids is 1. The SMILES string of the molecule is Cc1cc(C)c(NC(=O)[C@H]2CCCN(c3nccc(C)n3)C2)c(C)c1. The fourth-order valence-electron chi connectivity index (χ4n) is 3.56. The molecule has 0 bridgehead atoms. The maximum absolute atomic E-state index is 12.8. The lowest BCUT2D eigenvalue weighted by Gasteiger charge is -2.32. The van der Waals surface area contributed by atoms with Crippen LogP contribution < -0.4 is 10.2 Å². The smallest absolute Gasteiger partial charge is 0.229 e. The molecule has 1 fully saturated rings. The highest BCUT2D eigenvalue weighted by Gasteiger charge is 2.27. The van der Waals surface area contributed by atoms with Gasteiger partial charge in [0.05, 0.1) is 5.92 Å². The largest absolute Gasteiger partial charge is 0.340 e. The van der Waals surface area contributed by atoms with E-state index in [1.165, 1.54) is 5.56 Å². The van der Waals surface area contributed by atoms with Gasteiger partial charge in [0.15, 0.2) is 0 Å². The van der Waals surface area contributed by atoms with Gasteiger partial charge in [-0.3, -0.25) is 4.79 Å². The zero-order valence-electron chi connectivity index (χ0n) is 15.5. The number of aromatic nitrogens is 2. The van der Waals surface area contributed by atoms with Crippen LogP contribution in [0.25, 0.3) is 0 Å². The standard InChI is InChI=1S/C20H26N4O/c1-13-10-14(2)18(15(3)11-13)23-19(25)17-6-5-9-24(12-17)20-21-8-7-16(4)22-20/h7-8,10-11,17H,5-6,9,12H2,1-4H3,(H,23,25)/t17-/m0/s1. The number of hydrogen-bond acceptors (Lipinski definition) is 4. The number of anilines is 2. The summed E-state index contributed by atoms with van der Waals surface area (Å²) in [7, 11) is 0. The summed E-state index contributed by atoms with van der Waals surface area (Å²) in [5.74, 6) is 0.769. The van der Waals surface area contributed by atoms with Crippen LogP contribution in [0.15, 0.2) is 24.4 Å². The third-order valence-corrected chi connectivity index (χ3v) is 4.78. The number of nitrogens with zero attached hydrogens (tertiary/aromatic N) is 3. The molecule has 3 rings (SSSR count). The van der Waals surface area contributed by atoms with Gasteiger partial charge in [0.2, 0.25) is 11.9 Å². The van der Waals surface area contributed by atoms with Gasteiger partial charge in [-0.2, -0.15) is 0 Å². The van der Waals surface area contributed by atoms with Crippen molar-refractivity contribution >= 4 is 17.5 Å². The van der Waals surface area contributed by atoms with E-state index in [1.54, 1.807) is 6.20 Å². The van der Waals surface area contributed by atoms with Crippen LogP contribution in [0.4, 0.5) is 11.6 Å². The van der Waals surface area contributed by atoms with Crippen molar-refractivity contribution in [2.45, 2.75) is 40.5 Å². The lowest BCUT2D eigenvalue weighted by Crippen LogP contribution is -2.41. The van der Waals surface area contributed by atoms with E-state index >= 15 is 0 Å². The molecule has 1 aliphatic heterocycles. The number of benzene rings is 1. The second-order valence-electron chi connectivity index (χ2n) is 7.05. The molecule has 0 aliphatic carbocycles. The van der Waals surface area contributed by atoms with Gasteiger partial charge in [0.1, 0.15) is 0 Å². The Bertz CT molecular complexity index is 764. The average Bonchev–Trinajstić information content (AvgIpc) is 2.58. The van der Waals surface area contributed by atoms with E-state index in [2.05, 4.69) is 39.2 Å². The highest BCUT2D eigenvalue weighted by Crippen LogP contribution is 2.25. The molecule has 2 heterocycles. The molecule has 5 nitrogen and oxygen atoms in total. The predicted octanol–water partition coefficient (Wildman–Crippen LogP) is 3.57. The topological polar surface area (TPSA) is 58.1 Å². The predicted molar refractivity (Wildman–Crippen MR) is 101 cm³/mol. The van der Waals surface area contributed by atoms with Crippen molar-refractivity contribution in [1.82, 2.24) is 9.97 Å². The molecule has 1 aromatic carbocycles. The molecule has 2 aromatic rings. The molecule has 0 unspecified atom stereocenters. The molecule has 25 heavy (non-hydrogen) atoms. The molecule has 1 amide bonds. The Labute approximate surface area is 149 Å². The fraction of sp³-hybridized carbons (Fsp3) is 0.450. The lowest BCUT2D eigenvalue weighted by atomic mass is 9.96. The van der Waals surface area contributed by atoms with E-state index in [0.29, 0.717) is 6.54 Å². The molecule has 0 spiro atoms. The summed E-state index contributed by atoms with van der Waals surface area (Å²) in [6, 6.07) is 6.10. The van der Waals surface area contributed by atoms with Crippen LogP contribution in [0.2, 0.25) is 0 Å². The van der Waals surface area contributed by atoms with Crippen LogP contribution in [0, 0.1) is 33.6 Å². The quantitative estimate of drug-likeness (QED) is 0.929. The Kier molecular flexibility index (Phi) is 5.02. The van der Waals surface area contributed by atoms with Crippen molar-refractivity contribution in [2.75, 3.05) is 23.3 Å². The van der Waals surface area contributed by atoms with Crippen LogP contribution in [-0.4, -0.2) is 29.0 Å². The lowest BCUT2D eigenvalue weighted by molar-refractivity contribution is -0.120. The number of nitrogens with one attached hydrogen (secondary N) is 1. The van der Waals surface area contributed by atoms with Gasteiger partial charge < -0.3 is 10.2 Å². The number of hydrogen-bond donors (Lipinski definition) is 1. The Hall–Kier alpha value is -2.43. The van der Waals surface area contributed by atoms with Crippen molar-refractivity contribution in [2.24, 2.45) is 5.92 Å². The summed E-state index contributed by atoms with van der Waals surface area (Å²) in [4.78, 5) is 23.8. The van der Waals surface area contributed by atoms with Crippen LogP contribution in [-0.2, 0) is 4.79 Å². The summed E-state index contributed by atoms with van der Waals surface area (Å²) in [5, 5.41) is 3.15. The van der Waals surface area contributed by atoms with Crippen LogP contribution in [0.5, 0.6) is 0 Å². The Morgan fingerprint density at radius 2 is 1.92 bits per heavy atom. The number of carbonyl (C=O) groups is 1. The Morgan fingerprint density at radius 1 is 1.20 bits per heavy atom. The number of rotatable bonds is 3. The molecular weight excluding hydrogens is 312 g/mol. The summed E-state index contributed by atoms with van der Waals surface area (Å²) < 4.78 is 0. The molecule has 1 saturated heterocycles. The van der Waals surface area contributed by atoms with Crippen molar-refractivity contribution in [3.05, 3.63) is 46.8 Å². The van der Waals surface area contributed by atoms with Crippen molar-refractivity contribution in [1.29, 1.82) is 0 Å². The molecular formula is C20H26N4O. The first-order valence-electron chi connectivity index (χ1n) is 8.87. The van der Waals surface area contributed by atoms with Gasteiger partial charge in [-0.15, -0.1) is 0 Å². The summed E-state index contributed by atoms with van der Waals surface area (Å²) in [6.07, 6.45) is 3.65. The van der Waals surface area contributed by atoms with Gasteiger partial charge in [0, 0.05) is 30.7 Å². The zero-order valence-corrected chi connectivity index (χ0v) is 15.5. The highest BCUT2D eigenvalue weighted by molar-refractivity contribution is 5.94. The first-order chi connectivity index (χ1) is 11.9. The summed E-state index contributed by atoms with van der Waals surface area (Å²) >= 11 is 0. The fourth-order valence-corrected chi connectivity index (χ4v) is 3.56. The second kappa shape index (κ2) is 7.21. The van der Waals surface area contributed by atoms with Gasteiger partial charge in [0.25, 0.3) is 0 Å². The second-order valence-corrected chi connectivity index (χ2v) is 7.05. The molecule has 1 atom stereocenters. The van der Waals surface area contributed by atoms with Gasteiger partial charge in [-0.25, -0.2) is 9.97 Å². The van der Waals surface area contributed by atoms with E-state index in [0.717, 1.165) is 47.8 Å². The van der Waals surface area contributed by atoms with E-state index in [4.69, 9.17) is 0 Å². The molecule has 1 aliphatic rings. The molecule has 132 valence electrons. The van der Waals surface area contributed by atoms with Gasteiger partial charge in [-0.1, -0.05) is 17.7 Å². The minimum atomic E-state index is -0.0436. The molecule has 0 radical (unpaired) electrons. The maximum Gasteiger partial charge on any atom is 0.229 e. The highest BCUT2D eigenvalue weighted by atomic mass is 16.1. The van der Waals surface area contributed by atoms with Crippen LogP contribution in [0.3, 0.4) is 0 Å². The van der Waals surface area contributed by atoms with Crippen molar-refractivity contribution in [3.8, 4) is 0 Å². The summed E-state index contributed by atoms with van der Waals surface area (Å²) in [6.45, 7) is 9.69. The van der Waals surface area contributed by atoms with E-state index in [1.807, 2.05) is 26.8 Å². The summed E-state index contributed by atoms with van der Waals surface area (Å²) in [5.41, 5.74) is 5.33. The average molecular weight is 338 g/mol. The number of piperidine rings is 1. The monoisotopic (exact) mass is 338 g/mol. The third kappa shape index (κ3) is 3.98. The van der Waals surface area contributed by atoms with Crippen LogP contribution in [0.1, 0.15) is 35.2 Å². The Balaban J connectivity index is 1.72. The van der Waals surface area contributed by atoms with E-state index < -0.39 is 0 Å².